The molecule has 0 bridgehead atoms. The topological polar surface area (TPSA) is 131 Å². The molecule has 1 saturated heterocycles. The van der Waals surface area contributed by atoms with Crippen LogP contribution in [0.2, 0.25) is 0 Å². The summed E-state index contributed by atoms with van der Waals surface area (Å²) in [4.78, 5) is 24.5. The van der Waals surface area contributed by atoms with Gasteiger partial charge in [-0.2, -0.15) is 4.31 Å². The molecular formula is C21H22N2O8S. The van der Waals surface area contributed by atoms with Gasteiger partial charge < -0.3 is 24.6 Å². The molecular weight excluding hydrogens is 440 g/mol. The molecule has 2 aliphatic rings. The van der Waals surface area contributed by atoms with Crippen molar-refractivity contribution in [3.05, 3.63) is 42.0 Å². The maximum Gasteiger partial charge on any atom is 0.342 e. The van der Waals surface area contributed by atoms with E-state index in [9.17, 15) is 23.1 Å². The number of phenols is 1. The predicted molar refractivity (Wildman–Crippen MR) is 112 cm³/mol. The third-order valence-corrected chi connectivity index (χ3v) is 6.95. The number of carbonyl (C=O) groups is 2. The second kappa shape index (κ2) is 9.05. The number of benzene rings is 2. The summed E-state index contributed by atoms with van der Waals surface area (Å²) in [7, 11) is -3.78. The molecule has 0 radical (unpaired) electrons. The molecule has 2 aromatic carbocycles. The summed E-state index contributed by atoms with van der Waals surface area (Å²) in [6.07, 6.45) is 1.54. The zero-order valence-electron chi connectivity index (χ0n) is 17.1. The first-order valence-corrected chi connectivity index (χ1v) is 11.5. The van der Waals surface area contributed by atoms with Crippen molar-refractivity contribution < 1.29 is 37.3 Å². The Morgan fingerprint density at radius 3 is 2.50 bits per heavy atom. The molecule has 0 unspecified atom stereocenters. The van der Waals surface area contributed by atoms with E-state index < -0.39 is 34.3 Å². The van der Waals surface area contributed by atoms with Crippen molar-refractivity contribution in [3.63, 3.8) is 0 Å². The molecule has 4 rings (SSSR count). The maximum absolute atomic E-state index is 12.7. The lowest BCUT2D eigenvalue weighted by atomic mass is 10.2. The number of fused-ring (bicyclic) bond motifs is 1. The van der Waals surface area contributed by atoms with Gasteiger partial charge in [-0.25, -0.2) is 13.2 Å². The van der Waals surface area contributed by atoms with Gasteiger partial charge in [0.1, 0.15) is 24.5 Å². The first kappa shape index (κ1) is 21.9. The van der Waals surface area contributed by atoms with Crippen LogP contribution in [-0.2, 0) is 19.6 Å². The Morgan fingerprint density at radius 2 is 1.75 bits per heavy atom. The predicted octanol–water partition coefficient (Wildman–Crippen LogP) is 1.74. The van der Waals surface area contributed by atoms with E-state index in [1.165, 1.54) is 10.4 Å². The summed E-state index contributed by atoms with van der Waals surface area (Å²) in [6, 6.07) is 8.27. The van der Waals surface area contributed by atoms with Crippen LogP contribution < -0.4 is 14.8 Å². The molecule has 11 heteroatoms. The summed E-state index contributed by atoms with van der Waals surface area (Å²) >= 11 is 0. The molecule has 10 nitrogen and oxygen atoms in total. The van der Waals surface area contributed by atoms with Gasteiger partial charge in [-0.1, -0.05) is 0 Å². The number of rotatable bonds is 6. The summed E-state index contributed by atoms with van der Waals surface area (Å²) in [5.74, 6) is -1.01. The number of sulfonamides is 1. The number of esters is 1. The molecule has 2 heterocycles. The molecule has 2 aliphatic heterocycles. The number of anilines is 1. The molecule has 2 N–H and O–H groups in total. The van der Waals surface area contributed by atoms with E-state index in [1.807, 2.05) is 0 Å². The lowest BCUT2D eigenvalue weighted by molar-refractivity contribution is -0.119. The lowest BCUT2D eigenvalue weighted by Gasteiger charge is -2.19. The van der Waals surface area contributed by atoms with Gasteiger partial charge in [-0.05, 0) is 43.2 Å². The van der Waals surface area contributed by atoms with Gasteiger partial charge in [0.2, 0.25) is 10.0 Å². The molecule has 2 aromatic rings. The highest BCUT2D eigenvalue weighted by Gasteiger charge is 2.29. The average molecular weight is 462 g/mol. The quantitative estimate of drug-likeness (QED) is 0.621. The Hall–Kier alpha value is -3.31. The molecule has 0 aliphatic carbocycles. The van der Waals surface area contributed by atoms with Gasteiger partial charge >= 0.3 is 5.97 Å². The van der Waals surface area contributed by atoms with E-state index in [0.717, 1.165) is 25.0 Å². The maximum atomic E-state index is 12.7. The van der Waals surface area contributed by atoms with E-state index in [1.54, 1.807) is 18.2 Å². The molecule has 1 amide bonds. The van der Waals surface area contributed by atoms with Crippen molar-refractivity contribution >= 4 is 27.6 Å². The van der Waals surface area contributed by atoms with E-state index in [0.29, 0.717) is 43.5 Å². The SMILES string of the molecule is O=C(COC(=O)c1cc(S(=O)(=O)N2CCCC2)ccc1O)Nc1ccc2c(c1)OCCO2. The van der Waals surface area contributed by atoms with Crippen LogP contribution in [0.4, 0.5) is 5.69 Å². The summed E-state index contributed by atoms with van der Waals surface area (Å²) in [6.45, 7) is 1.03. The Bertz CT molecular complexity index is 1140. The van der Waals surface area contributed by atoms with Gasteiger partial charge in [0.05, 0.1) is 4.90 Å². The Labute approximate surface area is 184 Å². The number of amides is 1. The second-order valence-corrected chi connectivity index (χ2v) is 9.21. The number of hydrogen-bond acceptors (Lipinski definition) is 8. The minimum Gasteiger partial charge on any atom is -0.507 e. The highest BCUT2D eigenvalue weighted by atomic mass is 32.2. The van der Waals surface area contributed by atoms with Crippen molar-refractivity contribution in [1.82, 2.24) is 4.31 Å². The molecule has 170 valence electrons. The molecule has 0 spiro atoms. The Balaban J connectivity index is 1.40. The van der Waals surface area contributed by atoms with Crippen molar-refractivity contribution in [2.45, 2.75) is 17.7 Å². The number of ether oxygens (including phenoxy) is 3. The van der Waals surface area contributed by atoms with Gasteiger partial charge in [0.15, 0.2) is 18.1 Å². The smallest absolute Gasteiger partial charge is 0.342 e. The zero-order chi connectivity index (χ0) is 22.7. The third-order valence-electron chi connectivity index (χ3n) is 5.05. The number of aromatic hydroxyl groups is 1. The molecule has 32 heavy (non-hydrogen) atoms. The zero-order valence-corrected chi connectivity index (χ0v) is 17.9. The fraction of sp³-hybridized carbons (Fsp3) is 0.333. The molecule has 0 atom stereocenters. The highest BCUT2D eigenvalue weighted by molar-refractivity contribution is 7.89. The number of carbonyl (C=O) groups excluding carboxylic acids is 2. The Morgan fingerprint density at radius 1 is 1.03 bits per heavy atom. The first-order chi connectivity index (χ1) is 15.3. The van der Waals surface area contributed by atoms with Crippen LogP contribution in [0.25, 0.3) is 0 Å². The van der Waals surface area contributed by atoms with Crippen molar-refractivity contribution in [2.24, 2.45) is 0 Å². The van der Waals surface area contributed by atoms with Crippen LogP contribution in [0.5, 0.6) is 17.2 Å². The minimum absolute atomic E-state index is 0.120. The van der Waals surface area contributed by atoms with Crippen molar-refractivity contribution in [3.8, 4) is 17.2 Å². The normalized spacial score (nSPS) is 15.9. The largest absolute Gasteiger partial charge is 0.507 e. The van der Waals surface area contributed by atoms with Crippen LogP contribution in [0.3, 0.4) is 0 Å². The fourth-order valence-corrected chi connectivity index (χ4v) is 4.99. The van der Waals surface area contributed by atoms with Crippen molar-refractivity contribution in [1.29, 1.82) is 0 Å². The fourth-order valence-electron chi connectivity index (χ4n) is 3.44. The molecule has 0 aromatic heterocycles. The summed E-state index contributed by atoms with van der Waals surface area (Å²) < 4.78 is 42.6. The summed E-state index contributed by atoms with van der Waals surface area (Å²) in [5.41, 5.74) is 0.0919. The third kappa shape index (κ3) is 4.63. The number of nitrogens with zero attached hydrogens (tertiary/aromatic N) is 1. The molecule has 0 saturated carbocycles. The van der Waals surface area contributed by atoms with E-state index in [4.69, 9.17) is 14.2 Å². The van der Waals surface area contributed by atoms with Gasteiger partial charge in [-0.3, -0.25) is 4.79 Å². The Kier molecular flexibility index (Phi) is 6.19. The first-order valence-electron chi connectivity index (χ1n) is 10.0. The number of phenolic OH excluding ortho intramolecular Hbond substituents is 1. The summed E-state index contributed by atoms with van der Waals surface area (Å²) in [5, 5.41) is 12.6. The average Bonchev–Trinajstić information content (AvgIpc) is 3.33. The van der Waals surface area contributed by atoms with Gasteiger partial charge in [0.25, 0.3) is 5.91 Å². The number of nitrogens with one attached hydrogen (secondary N) is 1. The lowest BCUT2D eigenvalue weighted by Crippen LogP contribution is -2.28. The monoisotopic (exact) mass is 462 g/mol. The van der Waals surface area contributed by atoms with Gasteiger partial charge in [0, 0.05) is 24.8 Å². The van der Waals surface area contributed by atoms with Crippen LogP contribution in [0.15, 0.2) is 41.3 Å². The van der Waals surface area contributed by atoms with Gasteiger partial charge in [-0.15, -0.1) is 0 Å². The number of hydrogen-bond donors (Lipinski definition) is 2. The minimum atomic E-state index is -3.78. The van der Waals surface area contributed by atoms with E-state index in [2.05, 4.69) is 5.32 Å². The van der Waals surface area contributed by atoms with Crippen LogP contribution >= 0.6 is 0 Å². The van der Waals surface area contributed by atoms with Crippen LogP contribution in [0.1, 0.15) is 23.2 Å². The molecule has 1 fully saturated rings. The second-order valence-electron chi connectivity index (χ2n) is 7.27. The van der Waals surface area contributed by atoms with E-state index in [-0.39, 0.29) is 10.5 Å². The highest BCUT2D eigenvalue weighted by Crippen LogP contribution is 2.32. The van der Waals surface area contributed by atoms with E-state index >= 15 is 0 Å². The van der Waals surface area contributed by atoms with Crippen LogP contribution in [0, 0.1) is 0 Å². The van der Waals surface area contributed by atoms with Crippen LogP contribution in [-0.4, -0.2) is 62.6 Å². The van der Waals surface area contributed by atoms with Crippen molar-refractivity contribution in [2.75, 3.05) is 38.2 Å². The standard InChI is InChI=1S/C21H22N2O8S/c24-17-5-4-15(32(27,28)23-7-1-2-8-23)12-16(17)21(26)31-13-20(25)22-14-3-6-18-19(11-14)30-10-9-29-18/h3-6,11-12,24H,1-2,7-10,13H2,(H,22,25).